The molecule has 0 fully saturated rings. The Kier molecular flexibility index (Phi) is 4.12. The van der Waals surface area contributed by atoms with Gasteiger partial charge in [-0.25, -0.2) is 5.32 Å². The van der Waals surface area contributed by atoms with Crippen molar-refractivity contribution in [1.29, 1.82) is 0 Å². The first-order chi connectivity index (χ1) is 5.83. The third-order valence-electron chi connectivity index (χ3n) is 1.59. The van der Waals surface area contributed by atoms with E-state index in [1.165, 1.54) is 5.56 Å². The number of nitrogens with zero attached hydrogens (tertiary/aromatic N) is 1. The normalized spacial score (nSPS) is 10.2. The maximum atomic E-state index is 5.74. The first-order valence-corrected chi connectivity index (χ1v) is 4.58. The molecule has 0 heterocycles. The van der Waals surface area contributed by atoms with E-state index in [4.69, 9.17) is 11.6 Å². The third-order valence-corrected chi connectivity index (χ3v) is 1.84. The summed E-state index contributed by atoms with van der Waals surface area (Å²) in [7, 11) is 0. The van der Waals surface area contributed by atoms with E-state index in [9.17, 15) is 0 Å². The van der Waals surface area contributed by atoms with Gasteiger partial charge in [0.1, 0.15) is 0 Å². The summed E-state index contributed by atoms with van der Waals surface area (Å²) in [6.45, 7) is 3.89. The molecule has 1 nitrogen and oxygen atoms in total. The molecule has 0 unspecified atom stereocenters. The van der Waals surface area contributed by atoms with Crippen molar-refractivity contribution < 1.29 is 0 Å². The number of rotatable bonds is 4. The van der Waals surface area contributed by atoms with Gasteiger partial charge in [0.15, 0.2) is 0 Å². The molecule has 0 bridgehead atoms. The molecule has 1 radical (unpaired) electrons. The first kappa shape index (κ1) is 9.56. The Balaban J connectivity index is 2.37. The van der Waals surface area contributed by atoms with Crippen LogP contribution in [0.5, 0.6) is 0 Å². The van der Waals surface area contributed by atoms with Crippen molar-refractivity contribution in [1.82, 2.24) is 5.32 Å². The van der Waals surface area contributed by atoms with Crippen LogP contribution in [0.4, 0.5) is 0 Å². The van der Waals surface area contributed by atoms with Crippen molar-refractivity contribution >= 4 is 11.6 Å². The SMILES string of the molecule is CCC[N]Cc1ccc(Cl)cc1. The van der Waals surface area contributed by atoms with Crippen LogP contribution in [0, 0.1) is 0 Å². The van der Waals surface area contributed by atoms with Gasteiger partial charge in [0.05, 0.1) is 0 Å². The molecule has 0 aliphatic carbocycles. The molecule has 0 saturated heterocycles. The second kappa shape index (κ2) is 5.18. The highest BCUT2D eigenvalue weighted by Crippen LogP contribution is 2.09. The molecule has 1 aromatic rings. The van der Waals surface area contributed by atoms with Gasteiger partial charge in [-0.15, -0.1) is 0 Å². The van der Waals surface area contributed by atoms with Crippen molar-refractivity contribution in [3.05, 3.63) is 34.9 Å². The van der Waals surface area contributed by atoms with Crippen LogP contribution in [0.3, 0.4) is 0 Å². The summed E-state index contributed by atoms with van der Waals surface area (Å²) in [6.07, 6.45) is 1.12. The Morgan fingerprint density at radius 3 is 2.50 bits per heavy atom. The quantitative estimate of drug-likeness (QED) is 0.636. The van der Waals surface area contributed by atoms with Crippen LogP contribution in [0.2, 0.25) is 5.02 Å². The van der Waals surface area contributed by atoms with Crippen LogP contribution in [-0.2, 0) is 6.54 Å². The molecule has 0 atom stereocenters. The molecule has 0 aliphatic rings. The molecular weight excluding hydrogens is 170 g/mol. The summed E-state index contributed by atoms with van der Waals surface area (Å²) >= 11 is 5.74. The molecule has 65 valence electrons. The fourth-order valence-corrected chi connectivity index (χ4v) is 1.08. The van der Waals surface area contributed by atoms with Gasteiger partial charge in [-0.3, -0.25) is 0 Å². The first-order valence-electron chi connectivity index (χ1n) is 4.20. The van der Waals surface area contributed by atoms with Crippen molar-refractivity contribution in [3.63, 3.8) is 0 Å². The monoisotopic (exact) mass is 182 g/mol. The summed E-state index contributed by atoms with van der Waals surface area (Å²) in [5.41, 5.74) is 1.23. The smallest absolute Gasteiger partial charge is 0.0406 e. The Morgan fingerprint density at radius 2 is 1.92 bits per heavy atom. The van der Waals surface area contributed by atoms with E-state index in [-0.39, 0.29) is 0 Å². The van der Waals surface area contributed by atoms with Crippen LogP contribution in [-0.4, -0.2) is 6.54 Å². The topological polar surface area (TPSA) is 14.1 Å². The fraction of sp³-hybridized carbons (Fsp3) is 0.400. The molecule has 0 spiro atoms. The van der Waals surface area contributed by atoms with Gasteiger partial charge in [0.25, 0.3) is 0 Å². The van der Waals surface area contributed by atoms with Crippen molar-refractivity contribution in [2.45, 2.75) is 19.9 Å². The summed E-state index contributed by atoms with van der Waals surface area (Å²) in [5, 5.41) is 5.13. The molecule has 12 heavy (non-hydrogen) atoms. The van der Waals surface area contributed by atoms with Crippen LogP contribution in [0.1, 0.15) is 18.9 Å². The van der Waals surface area contributed by atoms with Crippen LogP contribution in [0.15, 0.2) is 24.3 Å². The largest absolute Gasteiger partial charge is 0.237 e. The number of hydrogen-bond donors (Lipinski definition) is 0. The molecule has 0 aliphatic heterocycles. The molecule has 2 heteroatoms. The Hall–Kier alpha value is -0.530. The maximum Gasteiger partial charge on any atom is 0.0406 e. The highest BCUT2D eigenvalue weighted by molar-refractivity contribution is 6.30. The average Bonchev–Trinajstić information content (AvgIpc) is 2.09. The van der Waals surface area contributed by atoms with E-state index in [1.807, 2.05) is 24.3 Å². The van der Waals surface area contributed by atoms with E-state index in [0.717, 1.165) is 24.5 Å². The lowest BCUT2D eigenvalue weighted by Crippen LogP contribution is -2.04. The van der Waals surface area contributed by atoms with E-state index in [0.29, 0.717) is 0 Å². The zero-order chi connectivity index (χ0) is 8.81. The van der Waals surface area contributed by atoms with Gasteiger partial charge >= 0.3 is 0 Å². The van der Waals surface area contributed by atoms with Gasteiger partial charge in [0, 0.05) is 18.1 Å². The number of halogens is 1. The predicted octanol–water partition coefficient (Wildman–Crippen LogP) is 2.85. The molecule has 0 N–H and O–H groups in total. The van der Waals surface area contributed by atoms with Gasteiger partial charge < -0.3 is 0 Å². The second-order valence-electron chi connectivity index (χ2n) is 2.73. The molecule has 1 aromatic carbocycles. The highest BCUT2D eigenvalue weighted by atomic mass is 35.5. The minimum atomic E-state index is 0.786. The summed E-state index contributed by atoms with van der Waals surface area (Å²) in [4.78, 5) is 0. The zero-order valence-electron chi connectivity index (χ0n) is 7.26. The minimum Gasteiger partial charge on any atom is -0.237 e. The molecule has 0 saturated carbocycles. The standard InChI is InChI=1S/C10H13ClN/c1-2-7-12-8-9-3-5-10(11)6-4-9/h3-6H,2,7-8H2,1H3. The fourth-order valence-electron chi connectivity index (χ4n) is 0.956. The second-order valence-corrected chi connectivity index (χ2v) is 3.17. The lowest BCUT2D eigenvalue weighted by Gasteiger charge is -2.00. The van der Waals surface area contributed by atoms with Crippen LogP contribution >= 0.6 is 11.6 Å². The Bertz CT molecular complexity index is 218. The van der Waals surface area contributed by atoms with Crippen molar-refractivity contribution in [2.75, 3.05) is 6.54 Å². The molecular formula is C10H13ClN. The maximum absolute atomic E-state index is 5.74. The lowest BCUT2D eigenvalue weighted by atomic mass is 10.2. The van der Waals surface area contributed by atoms with Crippen LogP contribution in [0.25, 0.3) is 0 Å². The number of benzene rings is 1. The van der Waals surface area contributed by atoms with Crippen LogP contribution < -0.4 is 5.32 Å². The number of hydrogen-bond acceptors (Lipinski definition) is 0. The van der Waals surface area contributed by atoms with Crippen molar-refractivity contribution in [3.8, 4) is 0 Å². The van der Waals surface area contributed by atoms with Gasteiger partial charge in [-0.1, -0.05) is 30.7 Å². The predicted molar refractivity (Wildman–Crippen MR) is 52.4 cm³/mol. The van der Waals surface area contributed by atoms with Gasteiger partial charge in [-0.2, -0.15) is 0 Å². The van der Waals surface area contributed by atoms with E-state index < -0.39 is 0 Å². The van der Waals surface area contributed by atoms with E-state index in [1.54, 1.807) is 0 Å². The molecule has 0 aromatic heterocycles. The summed E-state index contributed by atoms with van der Waals surface area (Å²) in [5.74, 6) is 0. The molecule has 0 amide bonds. The third kappa shape index (κ3) is 3.24. The lowest BCUT2D eigenvalue weighted by molar-refractivity contribution is 0.661. The van der Waals surface area contributed by atoms with Gasteiger partial charge in [-0.05, 0) is 24.1 Å². The Morgan fingerprint density at radius 1 is 1.25 bits per heavy atom. The summed E-state index contributed by atoms with van der Waals surface area (Å²) < 4.78 is 0. The zero-order valence-corrected chi connectivity index (χ0v) is 8.01. The minimum absolute atomic E-state index is 0.786. The van der Waals surface area contributed by atoms with E-state index in [2.05, 4.69) is 12.2 Å². The van der Waals surface area contributed by atoms with Gasteiger partial charge in [0.2, 0.25) is 0 Å². The Labute approximate surface area is 78.7 Å². The molecule has 1 rings (SSSR count). The van der Waals surface area contributed by atoms with Crippen molar-refractivity contribution in [2.24, 2.45) is 0 Å². The highest BCUT2D eigenvalue weighted by Gasteiger charge is 1.92. The average molecular weight is 183 g/mol. The van der Waals surface area contributed by atoms with E-state index >= 15 is 0 Å². The summed E-state index contributed by atoms with van der Waals surface area (Å²) in [6, 6.07) is 7.83.